The highest BCUT2D eigenvalue weighted by Crippen LogP contribution is 2.24. The first-order chi connectivity index (χ1) is 7.90. The number of rotatable bonds is 3. The zero-order valence-electron chi connectivity index (χ0n) is 9.87. The molecule has 0 aliphatic carbocycles. The highest BCUT2D eigenvalue weighted by molar-refractivity contribution is 5.98. The van der Waals surface area contributed by atoms with Crippen molar-refractivity contribution >= 4 is 23.3 Å². The van der Waals surface area contributed by atoms with E-state index in [1.807, 2.05) is 0 Å². The van der Waals surface area contributed by atoms with E-state index < -0.39 is 5.97 Å². The second-order valence-corrected chi connectivity index (χ2v) is 3.54. The van der Waals surface area contributed by atoms with Crippen LogP contribution in [0.15, 0.2) is 18.2 Å². The van der Waals surface area contributed by atoms with Crippen molar-refractivity contribution in [3.63, 3.8) is 0 Å². The van der Waals surface area contributed by atoms with E-state index in [-0.39, 0.29) is 17.4 Å². The van der Waals surface area contributed by atoms with Crippen LogP contribution in [-0.2, 0) is 9.59 Å². The predicted molar refractivity (Wildman–Crippen MR) is 62.1 cm³/mol. The van der Waals surface area contributed by atoms with Crippen LogP contribution >= 0.6 is 0 Å². The van der Waals surface area contributed by atoms with Crippen LogP contribution in [0.2, 0.25) is 0 Å². The molecule has 0 aromatic heterocycles. The average Bonchev–Trinajstić information content (AvgIpc) is 2.15. The van der Waals surface area contributed by atoms with Crippen molar-refractivity contribution in [2.75, 3.05) is 5.32 Å². The number of Topliss-reactive ketones (excluding diaryl/α,β-unsaturated/α-hetero) is 1. The number of hydrogen-bond acceptors (Lipinski definition) is 4. The maximum Gasteiger partial charge on any atom is 0.308 e. The van der Waals surface area contributed by atoms with Crippen LogP contribution in [0, 0.1) is 0 Å². The van der Waals surface area contributed by atoms with Crippen molar-refractivity contribution in [1.29, 1.82) is 0 Å². The highest BCUT2D eigenvalue weighted by atomic mass is 16.5. The fourth-order valence-corrected chi connectivity index (χ4v) is 1.33. The number of ketones is 1. The highest BCUT2D eigenvalue weighted by Gasteiger charge is 2.11. The molecule has 0 fully saturated rings. The molecule has 0 atom stereocenters. The van der Waals surface area contributed by atoms with Crippen molar-refractivity contribution in [2.24, 2.45) is 0 Å². The minimum Gasteiger partial charge on any atom is -0.426 e. The molecule has 0 spiro atoms. The molecule has 0 unspecified atom stereocenters. The Balaban J connectivity index is 3.13. The van der Waals surface area contributed by atoms with E-state index in [2.05, 4.69) is 5.32 Å². The van der Waals surface area contributed by atoms with E-state index >= 15 is 0 Å². The van der Waals surface area contributed by atoms with Crippen LogP contribution in [0.25, 0.3) is 0 Å². The van der Waals surface area contributed by atoms with Crippen LogP contribution in [0.4, 0.5) is 5.69 Å². The summed E-state index contributed by atoms with van der Waals surface area (Å²) in [6.07, 6.45) is 0. The minimum absolute atomic E-state index is 0.149. The van der Waals surface area contributed by atoms with Crippen LogP contribution in [0.5, 0.6) is 5.75 Å². The number of esters is 1. The SMILES string of the molecule is CC(=O)Nc1ccc(C(C)=O)c(OC(C)=O)c1. The first kappa shape index (κ1) is 12.9. The fourth-order valence-electron chi connectivity index (χ4n) is 1.33. The number of nitrogens with one attached hydrogen (secondary N) is 1. The summed E-state index contributed by atoms with van der Waals surface area (Å²) in [7, 11) is 0. The van der Waals surface area contributed by atoms with Crippen LogP contribution in [0.3, 0.4) is 0 Å². The quantitative estimate of drug-likeness (QED) is 0.492. The zero-order valence-corrected chi connectivity index (χ0v) is 9.87. The maximum absolute atomic E-state index is 11.3. The van der Waals surface area contributed by atoms with Gasteiger partial charge in [0, 0.05) is 25.6 Å². The second kappa shape index (κ2) is 5.25. The maximum atomic E-state index is 11.3. The summed E-state index contributed by atoms with van der Waals surface area (Å²) in [5.74, 6) is -0.825. The third-order valence-electron chi connectivity index (χ3n) is 1.93. The van der Waals surface area contributed by atoms with Gasteiger partial charge in [-0.15, -0.1) is 0 Å². The van der Waals surface area contributed by atoms with Gasteiger partial charge in [-0.3, -0.25) is 14.4 Å². The van der Waals surface area contributed by atoms with E-state index in [1.165, 1.54) is 32.9 Å². The van der Waals surface area contributed by atoms with E-state index in [0.717, 1.165) is 0 Å². The molecule has 0 radical (unpaired) electrons. The number of carbonyl (C=O) groups is 3. The van der Waals surface area contributed by atoms with Gasteiger partial charge in [0.15, 0.2) is 5.78 Å². The molecule has 0 saturated carbocycles. The van der Waals surface area contributed by atoms with Crippen molar-refractivity contribution in [1.82, 2.24) is 0 Å². The smallest absolute Gasteiger partial charge is 0.308 e. The molecule has 5 heteroatoms. The lowest BCUT2D eigenvalue weighted by molar-refractivity contribution is -0.131. The monoisotopic (exact) mass is 235 g/mol. The molecule has 0 aliphatic rings. The van der Waals surface area contributed by atoms with Gasteiger partial charge in [0.2, 0.25) is 5.91 Å². The topological polar surface area (TPSA) is 72.5 Å². The number of anilines is 1. The van der Waals surface area contributed by atoms with Gasteiger partial charge in [0.1, 0.15) is 5.75 Å². The molecular formula is C12H13NO4. The fraction of sp³-hybridized carbons (Fsp3) is 0.250. The second-order valence-electron chi connectivity index (χ2n) is 3.54. The number of hydrogen-bond donors (Lipinski definition) is 1. The summed E-state index contributed by atoms with van der Waals surface area (Å²) in [5, 5.41) is 2.54. The lowest BCUT2D eigenvalue weighted by Crippen LogP contribution is -2.09. The number of ether oxygens (including phenoxy) is 1. The number of carbonyl (C=O) groups excluding carboxylic acids is 3. The van der Waals surface area contributed by atoms with E-state index in [4.69, 9.17) is 4.74 Å². The Morgan fingerprint density at radius 1 is 1.12 bits per heavy atom. The molecule has 1 N–H and O–H groups in total. The van der Waals surface area contributed by atoms with Gasteiger partial charge >= 0.3 is 5.97 Å². The molecule has 1 amide bonds. The summed E-state index contributed by atoms with van der Waals surface area (Å²) in [4.78, 5) is 33.1. The molecule has 0 aliphatic heterocycles. The minimum atomic E-state index is -0.521. The summed E-state index contributed by atoms with van der Waals surface area (Å²) >= 11 is 0. The Labute approximate surface area is 98.8 Å². The molecule has 5 nitrogen and oxygen atoms in total. The van der Waals surface area contributed by atoms with Gasteiger partial charge in [-0.2, -0.15) is 0 Å². The van der Waals surface area contributed by atoms with Crippen LogP contribution in [0.1, 0.15) is 31.1 Å². The number of benzene rings is 1. The Morgan fingerprint density at radius 3 is 2.24 bits per heavy atom. The standard InChI is InChI=1S/C12H13NO4/c1-7(14)11-5-4-10(13-8(2)15)6-12(11)17-9(3)16/h4-6H,1-3H3,(H,13,15). The third kappa shape index (κ3) is 3.71. The molecule has 17 heavy (non-hydrogen) atoms. The first-order valence-corrected chi connectivity index (χ1v) is 5.01. The zero-order chi connectivity index (χ0) is 13.0. The molecular weight excluding hydrogens is 222 g/mol. The van der Waals surface area contributed by atoms with Gasteiger partial charge in [-0.05, 0) is 19.1 Å². The Morgan fingerprint density at radius 2 is 1.76 bits per heavy atom. The molecule has 1 aromatic rings. The van der Waals surface area contributed by atoms with Crippen molar-refractivity contribution < 1.29 is 19.1 Å². The third-order valence-corrected chi connectivity index (χ3v) is 1.93. The summed E-state index contributed by atoms with van der Waals surface area (Å²) < 4.78 is 4.92. The van der Waals surface area contributed by atoms with E-state index in [1.54, 1.807) is 6.07 Å². The Hall–Kier alpha value is -2.17. The van der Waals surface area contributed by atoms with Gasteiger partial charge < -0.3 is 10.1 Å². The molecule has 1 rings (SSSR count). The largest absolute Gasteiger partial charge is 0.426 e. The van der Waals surface area contributed by atoms with E-state index in [0.29, 0.717) is 11.3 Å². The normalized spacial score (nSPS) is 9.59. The Kier molecular flexibility index (Phi) is 3.98. The van der Waals surface area contributed by atoms with Crippen LogP contribution in [-0.4, -0.2) is 17.7 Å². The van der Waals surface area contributed by atoms with Crippen molar-refractivity contribution in [3.05, 3.63) is 23.8 Å². The summed E-state index contributed by atoms with van der Waals surface area (Å²) in [5.41, 5.74) is 0.771. The lowest BCUT2D eigenvalue weighted by atomic mass is 10.1. The summed E-state index contributed by atoms with van der Waals surface area (Å²) in [6.45, 7) is 3.99. The van der Waals surface area contributed by atoms with E-state index in [9.17, 15) is 14.4 Å². The molecule has 1 aromatic carbocycles. The molecule has 90 valence electrons. The van der Waals surface area contributed by atoms with Gasteiger partial charge in [0.25, 0.3) is 0 Å². The molecule has 0 heterocycles. The average molecular weight is 235 g/mol. The summed E-state index contributed by atoms with van der Waals surface area (Å²) in [6, 6.07) is 4.52. The Bertz CT molecular complexity index is 479. The van der Waals surface area contributed by atoms with Crippen molar-refractivity contribution in [2.45, 2.75) is 20.8 Å². The van der Waals surface area contributed by atoms with Crippen LogP contribution < -0.4 is 10.1 Å². The van der Waals surface area contributed by atoms with Gasteiger partial charge in [-0.1, -0.05) is 0 Å². The van der Waals surface area contributed by atoms with Crippen molar-refractivity contribution in [3.8, 4) is 5.75 Å². The lowest BCUT2D eigenvalue weighted by Gasteiger charge is -2.09. The first-order valence-electron chi connectivity index (χ1n) is 5.01. The molecule has 0 saturated heterocycles. The van der Waals surface area contributed by atoms with Gasteiger partial charge in [-0.25, -0.2) is 0 Å². The number of amides is 1. The molecule has 0 bridgehead atoms. The van der Waals surface area contributed by atoms with Gasteiger partial charge in [0.05, 0.1) is 5.56 Å². The predicted octanol–water partition coefficient (Wildman–Crippen LogP) is 1.77.